The third kappa shape index (κ3) is 4.74. The first-order valence-corrected chi connectivity index (χ1v) is 13.1. The number of aliphatic carboxylic acids is 1. The Balaban J connectivity index is 1.52. The Bertz CT molecular complexity index is 1650. The Morgan fingerprint density at radius 3 is 2.70 bits per heavy atom. The first kappa shape index (κ1) is 27.4. The zero-order chi connectivity index (χ0) is 29.0. The summed E-state index contributed by atoms with van der Waals surface area (Å²) in [6, 6.07) is 3.37. The molecule has 1 amide bonds. The van der Waals surface area contributed by atoms with Crippen molar-refractivity contribution < 1.29 is 27.9 Å². The lowest BCUT2D eigenvalue weighted by molar-refractivity contribution is -0.146. The molecule has 0 bridgehead atoms. The van der Waals surface area contributed by atoms with E-state index in [1.165, 1.54) is 22.2 Å². The molecule has 0 aromatic carbocycles. The third-order valence-corrected chi connectivity index (χ3v) is 7.97. The van der Waals surface area contributed by atoms with Gasteiger partial charge >= 0.3 is 12.1 Å². The number of carbonyl (C=O) groups is 2. The maximum absolute atomic E-state index is 13.3. The fraction of sp³-hybridized carbons (Fsp3) is 0.400. The van der Waals surface area contributed by atoms with Gasteiger partial charge in [0.05, 0.1) is 22.1 Å². The van der Waals surface area contributed by atoms with Gasteiger partial charge in [0.2, 0.25) is 5.91 Å². The molecule has 210 valence electrons. The zero-order valence-electron chi connectivity index (χ0n) is 21.7. The van der Waals surface area contributed by atoms with E-state index in [0.29, 0.717) is 27.3 Å². The van der Waals surface area contributed by atoms with Crippen LogP contribution < -0.4 is 11.1 Å². The first-order chi connectivity index (χ1) is 18.7. The number of amides is 1. The van der Waals surface area contributed by atoms with E-state index < -0.39 is 35.3 Å². The van der Waals surface area contributed by atoms with E-state index in [2.05, 4.69) is 30.4 Å². The number of nitrogen functional groups attached to an aromatic ring is 1. The van der Waals surface area contributed by atoms with E-state index in [-0.39, 0.29) is 42.5 Å². The summed E-state index contributed by atoms with van der Waals surface area (Å²) in [7, 11) is 0. The average Bonchev–Trinajstić information content (AvgIpc) is 3.54. The summed E-state index contributed by atoms with van der Waals surface area (Å²) in [5, 5.41) is 19.3. The molecule has 0 saturated carbocycles. The average molecular weight is 575 g/mol. The Kier molecular flexibility index (Phi) is 6.51. The topological polar surface area (TPSA) is 162 Å². The number of alkyl halides is 3. The molecule has 1 atom stereocenters. The highest BCUT2D eigenvalue weighted by atomic mass is 32.1. The number of nitrogens with zero attached hydrogens (tertiary/aromatic N) is 6. The van der Waals surface area contributed by atoms with Gasteiger partial charge < -0.3 is 16.2 Å². The van der Waals surface area contributed by atoms with Crippen LogP contribution in [0.15, 0.2) is 23.7 Å². The number of aryl methyl sites for hydroxylation is 1. The lowest BCUT2D eigenvalue weighted by atomic mass is 9.85. The minimum Gasteiger partial charge on any atom is -0.481 e. The summed E-state index contributed by atoms with van der Waals surface area (Å²) in [5.41, 5.74) is 5.51. The molecule has 15 heteroatoms. The second-order valence-corrected chi connectivity index (χ2v) is 11.3. The molecule has 5 heterocycles. The number of carboxylic acid groups (broad SMARTS) is 1. The highest BCUT2D eigenvalue weighted by molar-refractivity contribution is 7.10. The molecule has 0 saturated heterocycles. The van der Waals surface area contributed by atoms with Gasteiger partial charge in [-0.1, -0.05) is 0 Å². The number of thiazole rings is 1. The number of aromatic nitrogens is 6. The molecule has 1 aliphatic rings. The predicted octanol–water partition coefficient (Wildman–Crippen LogP) is 4.18. The molecule has 0 radical (unpaired) electrons. The Hall–Kier alpha value is -4.14. The van der Waals surface area contributed by atoms with Gasteiger partial charge in [-0.15, -0.1) is 11.3 Å². The van der Waals surface area contributed by atoms with Crippen LogP contribution in [0.1, 0.15) is 49.9 Å². The van der Waals surface area contributed by atoms with Crippen molar-refractivity contribution in [3.05, 3.63) is 40.0 Å². The zero-order valence-corrected chi connectivity index (χ0v) is 22.5. The summed E-state index contributed by atoms with van der Waals surface area (Å²) >= 11 is 1.21. The number of nitrogens with one attached hydrogen (secondary N) is 1. The molecule has 4 aromatic rings. The molecule has 4 N–H and O–H groups in total. The molecule has 0 spiro atoms. The predicted molar refractivity (Wildman–Crippen MR) is 141 cm³/mol. The molecule has 1 unspecified atom stereocenters. The van der Waals surface area contributed by atoms with E-state index in [1.54, 1.807) is 38.3 Å². The van der Waals surface area contributed by atoms with Gasteiger partial charge in [-0.05, 0) is 39.3 Å². The second-order valence-electron chi connectivity index (χ2n) is 10.4. The summed E-state index contributed by atoms with van der Waals surface area (Å²) in [6.07, 6.45) is -3.75. The number of anilines is 2. The van der Waals surface area contributed by atoms with Crippen LogP contribution in [0.25, 0.3) is 22.6 Å². The van der Waals surface area contributed by atoms with E-state index in [4.69, 9.17) is 5.73 Å². The number of nitrogens with two attached hydrogens (primary N) is 1. The molecule has 0 aliphatic carbocycles. The molecule has 5 rings (SSSR count). The number of hydrogen-bond donors (Lipinski definition) is 3. The second kappa shape index (κ2) is 9.50. The summed E-state index contributed by atoms with van der Waals surface area (Å²) in [5.74, 6) is -1.14. The number of fused-ring (bicyclic) bond motifs is 2. The number of hydrogen-bond acceptors (Lipinski definition) is 9. The number of pyridine rings is 1. The van der Waals surface area contributed by atoms with Crippen LogP contribution in [-0.2, 0) is 28.0 Å². The van der Waals surface area contributed by atoms with Crippen molar-refractivity contribution in [3.8, 4) is 11.5 Å². The van der Waals surface area contributed by atoms with Crippen molar-refractivity contribution in [2.45, 2.75) is 58.2 Å². The van der Waals surface area contributed by atoms with Crippen LogP contribution in [0, 0.1) is 5.41 Å². The Morgan fingerprint density at radius 2 is 2.00 bits per heavy atom. The van der Waals surface area contributed by atoms with Gasteiger partial charge in [-0.25, -0.2) is 24.6 Å². The maximum Gasteiger partial charge on any atom is 0.389 e. The van der Waals surface area contributed by atoms with Gasteiger partial charge in [0.25, 0.3) is 0 Å². The van der Waals surface area contributed by atoms with Crippen molar-refractivity contribution in [2.75, 3.05) is 11.1 Å². The fourth-order valence-corrected chi connectivity index (χ4v) is 5.61. The standard InChI is InChI=1S/C25H25F3N8O3S/c1-23(2,22(38)39)10-12-11-40-21(31-12)24(3)14-16(29)32-18(33-17(14)34-20(24)37)15-13-6-4-8-30-19(13)36(35-15)9-5-7-25(26,27)28/h4,6,8,11H,5,7,9-10H2,1-3H3,(H,38,39)(H3,29,32,33,34,37). The SMILES string of the molecule is CC(C)(Cc1csc(C2(C)C(=O)Nc3nc(-c4nn(CCCC(F)(F)F)c5ncccc45)nc(N)c32)n1)C(=O)O. The van der Waals surface area contributed by atoms with Gasteiger partial charge in [0, 0.05) is 31.0 Å². The summed E-state index contributed by atoms with van der Waals surface area (Å²) in [6.45, 7) is 4.82. The molecule has 0 fully saturated rings. The summed E-state index contributed by atoms with van der Waals surface area (Å²) in [4.78, 5) is 42.6. The maximum atomic E-state index is 13.3. The lowest BCUT2D eigenvalue weighted by Gasteiger charge is -2.20. The summed E-state index contributed by atoms with van der Waals surface area (Å²) < 4.78 is 39.5. The molecular formula is C25H25F3N8O3S. The molecule has 4 aromatic heterocycles. The normalized spacial score (nSPS) is 17.3. The van der Waals surface area contributed by atoms with Crippen molar-refractivity contribution >= 4 is 45.9 Å². The molecule has 11 nitrogen and oxygen atoms in total. The number of halogens is 3. The quantitative estimate of drug-likeness (QED) is 0.280. The van der Waals surface area contributed by atoms with Gasteiger partial charge in [0.1, 0.15) is 27.8 Å². The van der Waals surface area contributed by atoms with Crippen molar-refractivity contribution in [1.29, 1.82) is 0 Å². The van der Waals surface area contributed by atoms with E-state index in [1.807, 2.05) is 0 Å². The molecule has 40 heavy (non-hydrogen) atoms. The smallest absolute Gasteiger partial charge is 0.389 e. The molecule has 1 aliphatic heterocycles. The monoisotopic (exact) mass is 574 g/mol. The Morgan fingerprint density at radius 1 is 1.25 bits per heavy atom. The Labute approximate surface area is 229 Å². The van der Waals surface area contributed by atoms with Crippen molar-refractivity contribution in [1.82, 2.24) is 29.7 Å². The highest BCUT2D eigenvalue weighted by Crippen LogP contribution is 2.46. The third-order valence-electron chi connectivity index (χ3n) is 6.85. The number of rotatable bonds is 8. The van der Waals surface area contributed by atoms with E-state index >= 15 is 0 Å². The van der Waals surface area contributed by atoms with Crippen LogP contribution in [0.3, 0.4) is 0 Å². The fourth-order valence-electron chi connectivity index (χ4n) is 4.62. The highest BCUT2D eigenvalue weighted by Gasteiger charge is 2.50. The van der Waals surface area contributed by atoms with Crippen molar-refractivity contribution in [3.63, 3.8) is 0 Å². The lowest BCUT2D eigenvalue weighted by Crippen LogP contribution is -2.33. The van der Waals surface area contributed by atoms with Crippen LogP contribution in [0.4, 0.5) is 24.8 Å². The van der Waals surface area contributed by atoms with Gasteiger partial charge in [-0.3, -0.25) is 9.59 Å². The van der Waals surface area contributed by atoms with Gasteiger partial charge in [0.15, 0.2) is 11.5 Å². The minimum absolute atomic E-state index is 0.00660. The van der Waals surface area contributed by atoms with Crippen molar-refractivity contribution in [2.24, 2.45) is 5.41 Å². The van der Waals surface area contributed by atoms with Crippen LogP contribution >= 0.6 is 11.3 Å². The number of carboxylic acids is 1. The largest absolute Gasteiger partial charge is 0.481 e. The number of carbonyl (C=O) groups excluding carboxylic acids is 1. The van der Waals surface area contributed by atoms with Crippen LogP contribution in [0.5, 0.6) is 0 Å². The first-order valence-electron chi connectivity index (χ1n) is 12.3. The van der Waals surface area contributed by atoms with E-state index in [0.717, 1.165) is 0 Å². The van der Waals surface area contributed by atoms with Crippen LogP contribution in [0.2, 0.25) is 0 Å². The molecular weight excluding hydrogens is 549 g/mol. The van der Waals surface area contributed by atoms with Gasteiger partial charge in [-0.2, -0.15) is 18.3 Å². The van der Waals surface area contributed by atoms with E-state index in [9.17, 15) is 27.9 Å². The van der Waals surface area contributed by atoms with Crippen LogP contribution in [-0.4, -0.2) is 52.9 Å². The minimum atomic E-state index is -4.29.